The Morgan fingerprint density at radius 3 is 2.41 bits per heavy atom. The quantitative estimate of drug-likeness (QED) is 0.836. The van der Waals surface area contributed by atoms with Crippen molar-refractivity contribution < 1.29 is 17.7 Å². The fourth-order valence-corrected chi connectivity index (χ4v) is 3.15. The lowest BCUT2D eigenvalue weighted by Crippen LogP contribution is -2.34. The molecule has 5 heteroatoms. The standard InChI is InChI=1S/C12H16O4S/c13-11-8-4-5-9-12(11)16-17(14,15)10-6-2-1-3-7-10/h1-3,6-7,11-13H,4-5,8-9H2/t11-,12-/m1/s1. The minimum atomic E-state index is -3.75. The average Bonchev–Trinajstić information content (AvgIpc) is 2.33. The van der Waals surface area contributed by atoms with Crippen molar-refractivity contribution >= 4 is 10.1 Å². The smallest absolute Gasteiger partial charge is 0.297 e. The largest absolute Gasteiger partial charge is 0.390 e. The maximum Gasteiger partial charge on any atom is 0.297 e. The van der Waals surface area contributed by atoms with Crippen LogP contribution in [0.4, 0.5) is 0 Å². The summed E-state index contributed by atoms with van der Waals surface area (Å²) in [4.78, 5) is 0.137. The first-order valence-corrected chi connectivity index (χ1v) is 7.17. The molecule has 0 saturated heterocycles. The van der Waals surface area contributed by atoms with E-state index in [1.54, 1.807) is 18.2 Å². The summed E-state index contributed by atoms with van der Waals surface area (Å²) in [6.45, 7) is 0. The van der Waals surface area contributed by atoms with Crippen LogP contribution < -0.4 is 0 Å². The fourth-order valence-electron chi connectivity index (χ4n) is 1.99. The Morgan fingerprint density at radius 1 is 1.12 bits per heavy atom. The van der Waals surface area contributed by atoms with Crippen molar-refractivity contribution in [3.05, 3.63) is 30.3 Å². The van der Waals surface area contributed by atoms with Crippen molar-refractivity contribution in [1.82, 2.24) is 0 Å². The van der Waals surface area contributed by atoms with Gasteiger partial charge in [-0.3, -0.25) is 4.18 Å². The first kappa shape index (κ1) is 12.5. The lowest BCUT2D eigenvalue weighted by atomic mass is 9.95. The molecular formula is C12H16O4S. The van der Waals surface area contributed by atoms with Gasteiger partial charge in [0.25, 0.3) is 10.1 Å². The van der Waals surface area contributed by atoms with Crippen LogP contribution in [-0.4, -0.2) is 25.7 Å². The van der Waals surface area contributed by atoms with Crippen molar-refractivity contribution in [3.8, 4) is 0 Å². The molecule has 0 amide bonds. The molecule has 1 aromatic rings. The van der Waals surface area contributed by atoms with Gasteiger partial charge in [0.1, 0.15) is 6.10 Å². The van der Waals surface area contributed by atoms with E-state index in [4.69, 9.17) is 4.18 Å². The number of hydrogen-bond donors (Lipinski definition) is 1. The Labute approximate surface area is 101 Å². The van der Waals surface area contributed by atoms with Crippen LogP contribution >= 0.6 is 0 Å². The molecule has 2 rings (SSSR count). The predicted octanol–water partition coefficient (Wildman–Crippen LogP) is 1.70. The molecule has 4 nitrogen and oxygen atoms in total. The van der Waals surface area contributed by atoms with Gasteiger partial charge in [-0.1, -0.05) is 31.0 Å². The van der Waals surface area contributed by atoms with Gasteiger partial charge in [-0.25, -0.2) is 0 Å². The van der Waals surface area contributed by atoms with Gasteiger partial charge in [-0.2, -0.15) is 8.42 Å². The minimum Gasteiger partial charge on any atom is -0.390 e. The van der Waals surface area contributed by atoms with Gasteiger partial charge < -0.3 is 5.11 Å². The van der Waals surface area contributed by atoms with Crippen LogP contribution in [0.1, 0.15) is 25.7 Å². The maximum absolute atomic E-state index is 11.9. The molecule has 1 aliphatic rings. The predicted molar refractivity (Wildman–Crippen MR) is 63.0 cm³/mol. The van der Waals surface area contributed by atoms with E-state index in [1.165, 1.54) is 12.1 Å². The second-order valence-corrected chi connectivity index (χ2v) is 5.83. The zero-order valence-corrected chi connectivity index (χ0v) is 10.3. The first-order chi connectivity index (χ1) is 8.09. The second kappa shape index (κ2) is 5.16. The molecule has 94 valence electrons. The van der Waals surface area contributed by atoms with Gasteiger partial charge >= 0.3 is 0 Å². The average molecular weight is 256 g/mol. The molecule has 1 saturated carbocycles. The SMILES string of the molecule is O=S(=O)(O[C@@H]1CCCC[C@H]1O)c1ccccc1. The van der Waals surface area contributed by atoms with Crippen molar-refractivity contribution in [2.45, 2.75) is 42.8 Å². The van der Waals surface area contributed by atoms with Gasteiger partial charge in [0.05, 0.1) is 11.0 Å². The summed E-state index contributed by atoms with van der Waals surface area (Å²) < 4.78 is 28.9. The molecule has 17 heavy (non-hydrogen) atoms. The van der Waals surface area contributed by atoms with Crippen LogP contribution in [0.15, 0.2) is 35.2 Å². The van der Waals surface area contributed by atoms with E-state index in [9.17, 15) is 13.5 Å². The highest BCUT2D eigenvalue weighted by Gasteiger charge is 2.29. The Hall–Kier alpha value is -0.910. The van der Waals surface area contributed by atoms with E-state index >= 15 is 0 Å². The van der Waals surface area contributed by atoms with Crippen LogP contribution in [0.5, 0.6) is 0 Å². The third kappa shape index (κ3) is 3.06. The Morgan fingerprint density at radius 2 is 1.76 bits per heavy atom. The zero-order chi connectivity index (χ0) is 12.3. The number of aliphatic hydroxyl groups is 1. The summed E-state index contributed by atoms with van der Waals surface area (Å²) in [6.07, 6.45) is 1.73. The van der Waals surface area contributed by atoms with E-state index in [2.05, 4.69) is 0 Å². The van der Waals surface area contributed by atoms with Crippen molar-refractivity contribution in [2.24, 2.45) is 0 Å². The highest BCUT2D eigenvalue weighted by molar-refractivity contribution is 7.86. The summed E-state index contributed by atoms with van der Waals surface area (Å²) >= 11 is 0. The first-order valence-electron chi connectivity index (χ1n) is 5.76. The lowest BCUT2D eigenvalue weighted by Gasteiger charge is -2.26. The highest BCUT2D eigenvalue weighted by atomic mass is 32.2. The molecule has 0 aliphatic heterocycles. The van der Waals surface area contributed by atoms with Gasteiger partial charge in [-0.05, 0) is 25.0 Å². The molecule has 0 bridgehead atoms. The summed E-state index contributed by atoms with van der Waals surface area (Å²) in [5, 5.41) is 9.69. The van der Waals surface area contributed by atoms with Crippen molar-refractivity contribution in [3.63, 3.8) is 0 Å². The highest BCUT2D eigenvalue weighted by Crippen LogP contribution is 2.24. The van der Waals surface area contributed by atoms with Crippen molar-refractivity contribution in [1.29, 1.82) is 0 Å². The number of hydrogen-bond acceptors (Lipinski definition) is 4. The third-order valence-corrected chi connectivity index (χ3v) is 4.30. The molecule has 1 fully saturated rings. The molecule has 0 heterocycles. The Kier molecular flexibility index (Phi) is 3.81. The number of aliphatic hydroxyl groups excluding tert-OH is 1. The number of rotatable bonds is 3. The summed E-state index contributed by atoms with van der Waals surface area (Å²) in [5.74, 6) is 0. The molecule has 0 unspecified atom stereocenters. The molecule has 1 aromatic carbocycles. The van der Waals surface area contributed by atoms with Gasteiger partial charge in [0, 0.05) is 0 Å². The van der Waals surface area contributed by atoms with Crippen LogP contribution in [0, 0.1) is 0 Å². The second-order valence-electron chi connectivity index (χ2n) is 4.25. The van der Waals surface area contributed by atoms with Crippen LogP contribution in [0.3, 0.4) is 0 Å². The van der Waals surface area contributed by atoms with E-state index in [0.29, 0.717) is 12.8 Å². The van der Waals surface area contributed by atoms with Gasteiger partial charge in [0.2, 0.25) is 0 Å². The number of benzene rings is 1. The van der Waals surface area contributed by atoms with Crippen LogP contribution in [0.2, 0.25) is 0 Å². The normalized spacial score (nSPS) is 25.7. The topological polar surface area (TPSA) is 63.6 Å². The van der Waals surface area contributed by atoms with Crippen LogP contribution in [0.25, 0.3) is 0 Å². The zero-order valence-electron chi connectivity index (χ0n) is 9.45. The van der Waals surface area contributed by atoms with Gasteiger partial charge in [-0.15, -0.1) is 0 Å². The monoisotopic (exact) mass is 256 g/mol. The van der Waals surface area contributed by atoms with E-state index in [0.717, 1.165) is 12.8 Å². The molecule has 0 aromatic heterocycles. The summed E-state index contributed by atoms with van der Waals surface area (Å²) in [6, 6.07) is 8.02. The minimum absolute atomic E-state index is 0.137. The van der Waals surface area contributed by atoms with Crippen molar-refractivity contribution in [2.75, 3.05) is 0 Å². The van der Waals surface area contributed by atoms with E-state index in [1.807, 2.05) is 0 Å². The van der Waals surface area contributed by atoms with Crippen LogP contribution in [-0.2, 0) is 14.3 Å². The molecule has 0 spiro atoms. The van der Waals surface area contributed by atoms with E-state index in [-0.39, 0.29) is 4.90 Å². The molecule has 0 radical (unpaired) electrons. The van der Waals surface area contributed by atoms with E-state index < -0.39 is 22.3 Å². The molecule has 2 atom stereocenters. The molecular weight excluding hydrogens is 240 g/mol. The molecule has 1 N–H and O–H groups in total. The fraction of sp³-hybridized carbons (Fsp3) is 0.500. The summed E-state index contributed by atoms with van der Waals surface area (Å²) in [5.41, 5.74) is 0. The molecule has 1 aliphatic carbocycles. The Balaban J connectivity index is 2.12. The maximum atomic E-state index is 11.9. The Bertz CT molecular complexity index is 455. The van der Waals surface area contributed by atoms with Gasteiger partial charge in [0.15, 0.2) is 0 Å². The lowest BCUT2D eigenvalue weighted by molar-refractivity contribution is 0.0105. The summed E-state index contributed by atoms with van der Waals surface area (Å²) in [7, 11) is -3.75. The third-order valence-electron chi connectivity index (χ3n) is 2.95.